The van der Waals surface area contributed by atoms with Gasteiger partial charge in [-0.1, -0.05) is 30.3 Å². The Morgan fingerprint density at radius 2 is 1.82 bits per heavy atom. The van der Waals surface area contributed by atoms with E-state index in [0.29, 0.717) is 30.7 Å². The van der Waals surface area contributed by atoms with Crippen LogP contribution in [0, 0.1) is 6.92 Å². The van der Waals surface area contributed by atoms with E-state index in [4.69, 9.17) is 14.5 Å². The summed E-state index contributed by atoms with van der Waals surface area (Å²) in [5, 5.41) is 0. The fourth-order valence-electron chi connectivity index (χ4n) is 5.50. The number of ketones is 1. The first-order chi connectivity index (χ1) is 18.5. The van der Waals surface area contributed by atoms with Crippen molar-refractivity contribution in [3.63, 3.8) is 0 Å². The first kappa shape index (κ1) is 25.9. The number of hydrogen-bond donors (Lipinski definition) is 0. The number of nitrogens with zero attached hydrogens (tertiary/aromatic N) is 1. The lowest BCUT2D eigenvalue weighted by atomic mass is 9.88. The van der Waals surface area contributed by atoms with Crippen molar-refractivity contribution in [2.24, 2.45) is 0 Å². The summed E-state index contributed by atoms with van der Waals surface area (Å²) in [6.07, 6.45) is -0.394. The van der Waals surface area contributed by atoms with Crippen LogP contribution in [0.1, 0.15) is 55.5 Å². The maximum atomic E-state index is 13.5. The average molecular weight is 536 g/mol. The molecule has 0 spiro atoms. The van der Waals surface area contributed by atoms with Crippen molar-refractivity contribution >= 4 is 5.78 Å². The van der Waals surface area contributed by atoms with Crippen LogP contribution in [-0.2, 0) is 32.5 Å². The third kappa shape index (κ3) is 5.28. The van der Waals surface area contributed by atoms with Gasteiger partial charge in [0.25, 0.3) is 0 Å². The van der Waals surface area contributed by atoms with Gasteiger partial charge in [-0.3, -0.25) is 9.78 Å². The second-order valence-electron chi connectivity index (χ2n) is 11.2. The lowest BCUT2D eigenvalue weighted by Gasteiger charge is -2.17. The maximum absolute atomic E-state index is 13.5. The van der Waals surface area contributed by atoms with Crippen molar-refractivity contribution in [2.75, 3.05) is 6.61 Å². The molecule has 39 heavy (non-hydrogen) atoms. The van der Waals surface area contributed by atoms with Gasteiger partial charge in [0.15, 0.2) is 17.3 Å². The summed E-state index contributed by atoms with van der Waals surface area (Å²) in [5.41, 5.74) is 4.71. The van der Waals surface area contributed by atoms with Crippen molar-refractivity contribution < 1.29 is 32.5 Å². The molecule has 6 nitrogen and oxygen atoms in total. The molecule has 8 heteroatoms. The van der Waals surface area contributed by atoms with Crippen LogP contribution in [-0.4, -0.2) is 35.6 Å². The Morgan fingerprint density at radius 3 is 2.56 bits per heavy atom. The number of rotatable bonds is 8. The smallest absolute Gasteiger partial charge is 0.395 e. The Morgan fingerprint density at radius 1 is 1.03 bits per heavy atom. The summed E-state index contributed by atoms with van der Waals surface area (Å²) in [7, 11) is 0. The van der Waals surface area contributed by atoms with Gasteiger partial charge >= 0.3 is 6.29 Å². The second-order valence-corrected chi connectivity index (χ2v) is 11.2. The van der Waals surface area contributed by atoms with Gasteiger partial charge < -0.3 is 18.9 Å². The van der Waals surface area contributed by atoms with E-state index in [1.54, 1.807) is 6.07 Å². The molecule has 2 aliphatic heterocycles. The monoisotopic (exact) mass is 535 g/mol. The number of ether oxygens (including phenoxy) is 4. The number of carbonyl (C=O) groups excluding carboxylic acids is 1. The molecule has 3 aromatic rings. The first-order valence-corrected chi connectivity index (χ1v) is 13.3. The molecule has 6 rings (SSSR count). The van der Waals surface area contributed by atoms with Crippen LogP contribution in [0.4, 0.5) is 8.78 Å². The van der Waals surface area contributed by atoms with Crippen LogP contribution >= 0.6 is 0 Å². The van der Waals surface area contributed by atoms with E-state index in [9.17, 15) is 13.6 Å². The molecule has 1 aliphatic carbocycles. The summed E-state index contributed by atoms with van der Waals surface area (Å²) in [5.74, 6) is -0.567. The molecule has 1 atom stereocenters. The summed E-state index contributed by atoms with van der Waals surface area (Å²) < 4.78 is 47.7. The highest BCUT2D eigenvalue weighted by molar-refractivity contribution is 5.94. The number of alkyl halides is 2. The van der Waals surface area contributed by atoms with Gasteiger partial charge in [-0.25, -0.2) is 0 Å². The predicted molar refractivity (Wildman–Crippen MR) is 140 cm³/mol. The fourth-order valence-corrected chi connectivity index (χ4v) is 5.50. The molecule has 204 valence electrons. The van der Waals surface area contributed by atoms with E-state index in [1.807, 2.05) is 45.0 Å². The minimum absolute atomic E-state index is 0.0193. The number of carbonyl (C=O) groups is 1. The molecule has 1 saturated carbocycles. The van der Waals surface area contributed by atoms with Gasteiger partial charge in [-0.15, -0.1) is 8.78 Å². The average Bonchev–Trinajstić information content (AvgIpc) is 3.54. The molecule has 0 bridgehead atoms. The highest BCUT2D eigenvalue weighted by Crippen LogP contribution is 2.52. The van der Waals surface area contributed by atoms with Crippen molar-refractivity contribution in [1.29, 1.82) is 0 Å². The number of Topliss-reactive ketones (excluding diaryl/α,β-unsaturated/α-hetero) is 1. The largest absolute Gasteiger partial charge is 0.586 e. The Hall–Kier alpha value is -3.36. The minimum Gasteiger partial charge on any atom is -0.395 e. The van der Waals surface area contributed by atoms with Gasteiger partial charge in [-0.05, 0) is 87.4 Å². The maximum Gasteiger partial charge on any atom is 0.586 e. The molecule has 0 amide bonds. The summed E-state index contributed by atoms with van der Waals surface area (Å²) in [6.45, 7) is 6.48. The van der Waals surface area contributed by atoms with Crippen LogP contribution < -0.4 is 9.47 Å². The molecule has 0 radical (unpaired) electrons. The fraction of sp³-hybridized carbons (Fsp3) is 0.419. The minimum atomic E-state index is -3.68. The number of fused-ring (bicyclic) bond motifs is 1. The highest BCUT2D eigenvalue weighted by Gasteiger charge is 2.52. The highest BCUT2D eigenvalue weighted by atomic mass is 19.3. The van der Waals surface area contributed by atoms with Crippen LogP contribution in [0.15, 0.2) is 54.6 Å². The molecule has 1 aromatic heterocycles. The molecule has 1 saturated heterocycles. The third-order valence-corrected chi connectivity index (χ3v) is 7.76. The Bertz CT molecular complexity index is 1430. The van der Waals surface area contributed by atoms with Crippen LogP contribution in [0.25, 0.3) is 11.3 Å². The zero-order valence-corrected chi connectivity index (χ0v) is 22.3. The van der Waals surface area contributed by atoms with Crippen LogP contribution in [0.2, 0.25) is 0 Å². The van der Waals surface area contributed by atoms with Crippen molar-refractivity contribution in [2.45, 2.75) is 76.5 Å². The second kappa shape index (κ2) is 9.38. The Labute approximate surface area is 226 Å². The number of hydrogen-bond acceptors (Lipinski definition) is 6. The van der Waals surface area contributed by atoms with Crippen LogP contribution in [0.5, 0.6) is 11.5 Å². The number of aromatic nitrogens is 1. The quantitative estimate of drug-likeness (QED) is 0.337. The molecule has 0 unspecified atom stereocenters. The molecular weight excluding hydrogens is 504 g/mol. The van der Waals surface area contributed by atoms with Gasteiger partial charge in [0.05, 0.1) is 23.8 Å². The number of aryl methyl sites for hydroxylation is 2. The SMILES string of the molecule is Cc1ccc(CC(=O)C2(c3ccc4c(c3)OC(F)(F)O4)CC2)nc1-c1cccc(CC[C@@H]2COC(C)(C)O2)c1. The Kier molecular flexibility index (Phi) is 6.23. The van der Waals surface area contributed by atoms with Gasteiger partial charge in [-0.2, -0.15) is 0 Å². The number of benzene rings is 2. The number of halogens is 2. The zero-order valence-electron chi connectivity index (χ0n) is 22.3. The van der Waals surface area contributed by atoms with E-state index < -0.39 is 17.5 Å². The zero-order chi connectivity index (χ0) is 27.4. The summed E-state index contributed by atoms with van der Waals surface area (Å²) in [4.78, 5) is 18.4. The van der Waals surface area contributed by atoms with E-state index in [0.717, 1.165) is 29.7 Å². The summed E-state index contributed by atoms with van der Waals surface area (Å²) >= 11 is 0. The Balaban J connectivity index is 1.17. The van der Waals surface area contributed by atoms with E-state index >= 15 is 0 Å². The molecule has 0 N–H and O–H groups in total. The van der Waals surface area contributed by atoms with Gasteiger partial charge in [0.2, 0.25) is 0 Å². The molecule has 2 fully saturated rings. The lowest BCUT2D eigenvalue weighted by molar-refractivity contribution is -0.286. The van der Waals surface area contributed by atoms with Crippen molar-refractivity contribution in [3.05, 3.63) is 77.0 Å². The molecular formula is C31H31F2NO5. The third-order valence-electron chi connectivity index (χ3n) is 7.76. The van der Waals surface area contributed by atoms with E-state index in [-0.39, 0.29) is 29.8 Å². The normalized spacial score (nSPS) is 21.6. The predicted octanol–water partition coefficient (Wildman–Crippen LogP) is 6.31. The van der Waals surface area contributed by atoms with Gasteiger partial charge in [0.1, 0.15) is 5.78 Å². The topological polar surface area (TPSA) is 66.9 Å². The number of pyridine rings is 1. The van der Waals surface area contributed by atoms with E-state index in [1.165, 1.54) is 17.7 Å². The summed E-state index contributed by atoms with van der Waals surface area (Å²) in [6, 6.07) is 16.8. The molecule has 2 aromatic carbocycles. The van der Waals surface area contributed by atoms with E-state index in [2.05, 4.69) is 21.6 Å². The van der Waals surface area contributed by atoms with Crippen molar-refractivity contribution in [3.8, 4) is 22.8 Å². The molecule has 3 aliphatic rings. The van der Waals surface area contributed by atoms with Crippen LogP contribution in [0.3, 0.4) is 0 Å². The van der Waals surface area contributed by atoms with Gasteiger partial charge in [0, 0.05) is 17.7 Å². The molecule has 3 heterocycles. The first-order valence-electron chi connectivity index (χ1n) is 13.3. The standard InChI is InChI=1S/C31H31F2NO5/c1-19-7-10-23(17-27(35)30(13-14-30)22-9-12-25-26(16-22)39-31(32,33)38-25)34-28(19)21-6-4-5-20(15-21)8-11-24-18-36-29(2,3)37-24/h4-7,9-10,12,15-16,24H,8,11,13-14,17-18H2,1-3H3/t24-/m1/s1. The van der Waals surface area contributed by atoms with Crippen molar-refractivity contribution in [1.82, 2.24) is 4.98 Å². The lowest BCUT2D eigenvalue weighted by Crippen LogP contribution is -2.26.